The summed E-state index contributed by atoms with van der Waals surface area (Å²) in [6.45, 7) is 5.28. The Balaban J connectivity index is 1.46. The number of likely N-dealkylation sites (tertiary alicyclic amines) is 1. The molecule has 0 saturated carbocycles. The molecule has 2 aliphatic rings. The van der Waals surface area contributed by atoms with Crippen molar-refractivity contribution in [3.63, 3.8) is 0 Å². The molecule has 3 rings (SSSR count). The second kappa shape index (κ2) is 6.46. The van der Waals surface area contributed by atoms with Crippen LogP contribution in [-0.2, 0) is 0 Å². The largest absolute Gasteiger partial charge is 0.493 e. The number of para-hydroxylation sites is 2. The second-order valence-corrected chi connectivity index (χ2v) is 5.72. The average Bonchev–Trinajstić information content (AvgIpc) is 2.90. The van der Waals surface area contributed by atoms with Gasteiger partial charge in [-0.15, -0.1) is 0 Å². The summed E-state index contributed by atoms with van der Waals surface area (Å²) in [5.41, 5.74) is 0. The van der Waals surface area contributed by atoms with Crippen molar-refractivity contribution in [3.8, 4) is 11.5 Å². The van der Waals surface area contributed by atoms with Crippen LogP contribution in [0.4, 0.5) is 0 Å². The highest BCUT2D eigenvalue weighted by Crippen LogP contribution is 2.27. The molecule has 2 heterocycles. The minimum Gasteiger partial charge on any atom is -0.493 e. The molecule has 0 aromatic heterocycles. The van der Waals surface area contributed by atoms with Gasteiger partial charge in [-0.1, -0.05) is 12.1 Å². The predicted octanol–water partition coefficient (Wildman–Crippen LogP) is 1.76. The standard InChI is InChI=1S/C16H24N2O2/c1-19-15-6-2-3-7-16(15)20-10-9-18-11-13-5-4-8-17-14(13)12-18/h2-3,6-7,13-14,17H,4-5,8-12H2,1H3/t13-,14+/m0/s1. The number of benzene rings is 1. The van der Waals surface area contributed by atoms with Gasteiger partial charge in [-0.3, -0.25) is 4.90 Å². The SMILES string of the molecule is COc1ccccc1OCCN1C[C@@H]2CCCN[C@@H]2C1. The van der Waals surface area contributed by atoms with E-state index in [0.29, 0.717) is 6.04 Å². The second-order valence-electron chi connectivity index (χ2n) is 5.72. The van der Waals surface area contributed by atoms with E-state index in [9.17, 15) is 0 Å². The van der Waals surface area contributed by atoms with Crippen molar-refractivity contribution in [1.29, 1.82) is 0 Å². The first-order valence-electron chi connectivity index (χ1n) is 7.58. The molecule has 0 spiro atoms. The number of hydrogen-bond acceptors (Lipinski definition) is 4. The zero-order valence-corrected chi connectivity index (χ0v) is 12.2. The van der Waals surface area contributed by atoms with Gasteiger partial charge in [0.25, 0.3) is 0 Å². The minimum atomic E-state index is 0.704. The summed E-state index contributed by atoms with van der Waals surface area (Å²) in [6, 6.07) is 8.54. The fourth-order valence-corrected chi connectivity index (χ4v) is 3.34. The van der Waals surface area contributed by atoms with Gasteiger partial charge in [-0.25, -0.2) is 0 Å². The monoisotopic (exact) mass is 276 g/mol. The zero-order chi connectivity index (χ0) is 13.8. The van der Waals surface area contributed by atoms with E-state index in [2.05, 4.69) is 10.2 Å². The number of nitrogens with one attached hydrogen (secondary N) is 1. The summed E-state index contributed by atoms with van der Waals surface area (Å²) in [5, 5.41) is 3.63. The normalized spacial score (nSPS) is 26.2. The molecule has 2 aliphatic heterocycles. The average molecular weight is 276 g/mol. The van der Waals surface area contributed by atoms with Crippen LogP contribution in [0.1, 0.15) is 12.8 Å². The van der Waals surface area contributed by atoms with Gasteiger partial charge in [0, 0.05) is 25.7 Å². The number of rotatable bonds is 5. The molecule has 2 saturated heterocycles. The van der Waals surface area contributed by atoms with Crippen molar-refractivity contribution in [2.75, 3.05) is 39.9 Å². The van der Waals surface area contributed by atoms with Crippen LogP contribution in [0.25, 0.3) is 0 Å². The molecule has 0 amide bonds. The van der Waals surface area contributed by atoms with Crippen molar-refractivity contribution in [3.05, 3.63) is 24.3 Å². The lowest BCUT2D eigenvalue weighted by atomic mass is 9.94. The molecule has 0 bridgehead atoms. The van der Waals surface area contributed by atoms with Gasteiger partial charge in [0.2, 0.25) is 0 Å². The maximum absolute atomic E-state index is 5.86. The molecular formula is C16H24N2O2. The Morgan fingerprint density at radius 1 is 1.25 bits per heavy atom. The molecule has 1 aromatic carbocycles. The Labute approximate surface area is 121 Å². The van der Waals surface area contributed by atoms with E-state index < -0.39 is 0 Å². The van der Waals surface area contributed by atoms with Crippen LogP contribution in [0.5, 0.6) is 11.5 Å². The summed E-state index contributed by atoms with van der Waals surface area (Å²) in [7, 11) is 1.68. The Hall–Kier alpha value is -1.26. The van der Waals surface area contributed by atoms with Gasteiger partial charge in [-0.2, -0.15) is 0 Å². The van der Waals surface area contributed by atoms with Gasteiger partial charge in [0.1, 0.15) is 6.61 Å². The highest BCUT2D eigenvalue weighted by atomic mass is 16.5. The molecule has 2 atom stereocenters. The van der Waals surface area contributed by atoms with Crippen LogP contribution in [0, 0.1) is 5.92 Å². The maximum Gasteiger partial charge on any atom is 0.161 e. The third-order valence-electron chi connectivity index (χ3n) is 4.41. The summed E-state index contributed by atoms with van der Waals surface area (Å²) in [4.78, 5) is 2.52. The van der Waals surface area contributed by atoms with E-state index in [1.54, 1.807) is 7.11 Å². The van der Waals surface area contributed by atoms with Crippen molar-refractivity contribution < 1.29 is 9.47 Å². The number of nitrogens with zero attached hydrogens (tertiary/aromatic N) is 1. The fourth-order valence-electron chi connectivity index (χ4n) is 3.34. The smallest absolute Gasteiger partial charge is 0.161 e. The molecule has 1 aromatic rings. The molecule has 4 nitrogen and oxygen atoms in total. The molecule has 0 unspecified atom stereocenters. The quantitative estimate of drug-likeness (QED) is 0.888. The zero-order valence-electron chi connectivity index (χ0n) is 12.2. The molecule has 20 heavy (non-hydrogen) atoms. The van der Waals surface area contributed by atoms with Gasteiger partial charge in [0.15, 0.2) is 11.5 Å². The van der Waals surface area contributed by atoms with Crippen LogP contribution in [0.3, 0.4) is 0 Å². The Morgan fingerprint density at radius 3 is 2.90 bits per heavy atom. The van der Waals surface area contributed by atoms with Crippen LogP contribution in [0.2, 0.25) is 0 Å². The van der Waals surface area contributed by atoms with Crippen molar-refractivity contribution in [2.45, 2.75) is 18.9 Å². The first-order valence-corrected chi connectivity index (χ1v) is 7.58. The summed E-state index contributed by atoms with van der Waals surface area (Å²) in [5.74, 6) is 2.49. The maximum atomic E-state index is 5.86. The van der Waals surface area contributed by atoms with Gasteiger partial charge >= 0.3 is 0 Å². The Bertz CT molecular complexity index is 424. The van der Waals surface area contributed by atoms with Crippen molar-refractivity contribution in [2.24, 2.45) is 5.92 Å². The van der Waals surface area contributed by atoms with E-state index in [4.69, 9.17) is 9.47 Å². The third-order valence-corrected chi connectivity index (χ3v) is 4.41. The molecule has 4 heteroatoms. The highest BCUT2D eigenvalue weighted by Gasteiger charge is 2.33. The fraction of sp³-hybridized carbons (Fsp3) is 0.625. The topological polar surface area (TPSA) is 33.7 Å². The summed E-state index contributed by atoms with van der Waals surface area (Å²) in [6.07, 6.45) is 2.70. The number of piperidine rings is 1. The van der Waals surface area contributed by atoms with E-state index in [1.165, 1.54) is 32.5 Å². The van der Waals surface area contributed by atoms with E-state index in [0.717, 1.165) is 30.6 Å². The van der Waals surface area contributed by atoms with Crippen LogP contribution in [0.15, 0.2) is 24.3 Å². The van der Waals surface area contributed by atoms with Crippen LogP contribution >= 0.6 is 0 Å². The lowest BCUT2D eigenvalue weighted by molar-refractivity contribution is 0.225. The van der Waals surface area contributed by atoms with Gasteiger partial charge in [-0.05, 0) is 37.4 Å². The number of methoxy groups -OCH3 is 1. The first-order chi connectivity index (χ1) is 9.86. The molecular weight excluding hydrogens is 252 g/mol. The van der Waals surface area contributed by atoms with Gasteiger partial charge in [0.05, 0.1) is 7.11 Å². The summed E-state index contributed by atoms with van der Waals surface area (Å²) >= 11 is 0. The molecule has 0 aliphatic carbocycles. The third kappa shape index (κ3) is 3.07. The van der Waals surface area contributed by atoms with Crippen molar-refractivity contribution in [1.82, 2.24) is 10.2 Å². The number of fused-ring (bicyclic) bond motifs is 1. The van der Waals surface area contributed by atoms with Crippen LogP contribution < -0.4 is 14.8 Å². The lowest BCUT2D eigenvalue weighted by Crippen LogP contribution is -2.40. The number of ether oxygens (including phenoxy) is 2. The Kier molecular flexibility index (Phi) is 4.43. The van der Waals surface area contributed by atoms with Gasteiger partial charge < -0.3 is 14.8 Å². The first kappa shape index (κ1) is 13.7. The summed E-state index contributed by atoms with van der Waals surface area (Å²) < 4.78 is 11.2. The van der Waals surface area contributed by atoms with E-state index >= 15 is 0 Å². The number of hydrogen-bond donors (Lipinski definition) is 1. The highest BCUT2D eigenvalue weighted by molar-refractivity contribution is 5.39. The molecule has 110 valence electrons. The molecule has 2 fully saturated rings. The molecule has 1 N–H and O–H groups in total. The van der Waals surface area contributed by atoms with E-state index in [-0.39, 0.29) is 0 Å². The lowest BCUT2D eigenvalue weighted by Gasteiger charge is -2.24. The Morgan fingerprint density at radius 2 is 2.10 bits per heavy atom. The predicted molar refractivity (Wildman–Crippen MR) is 79.4 cm³/mol. The minimum absolute atomic E-state index is 0.704. The van der Waals surface area contributed by atoms with Crippen molar-refractivity contribution >= 4 is 0 Å². The van der Waals surface area contributed by atoms with Crippen LogP contribution in [-0.4, -0.2) is 50.8 Å². The molecule has 0 radical (unpaired) electrons. The van der Waals surface area contributed by atoms with E-state index in [1.807, 2.05) is 24.3 Å².